The first-order valence-electron chi connectivity index (χ1n) is 41.1. The van der Waals surface area contributed by atoms with Crippen LogP contribution in [0.3, 0.4) is 0 Å². The Morgan fingerprint density at radius 3 is 0.737 bits per heavy atom. The summed E-state index contributed by atoms with van der Waals surface area (Å²) in [5.74, 6) is -2.14. The molecular formula is C80H152O17P2. The Hall–Kier alpha value is -2.46. The van der Waals surface area contributed by atoms with Crippen molar-refractivity contribution in [3.05, 3.63) is 24.3 Å². The lowest BCUT2D eigenvalue weighted by Gasteiger charge is -2.21. The van der Waals surface area contributed by atoms with Gasteiger partial charge < -0.3 is 33.8 Å². The van der Waals surface area contributed by atoms with Crippen LogP contribution in [0.2, 0.25) is 0 Å². The van der Waals surface area contributed by atoms with E-state index in [0.29, 0.717) is 25.7 Å². The molecule has 0 heterocycles. The van der Waals surface area contributed by atoms with Gasteiger partial charge in [0.25, 0.3) is 0 Å². The molecule has 0 radical (unpaired) electrons. The normalized spacial score (nSPS) is 14.0. The second kappa shape index (κ2) is 73.8. The number of phosphoric ester groups is 2. The highest BCUT2D eigenvalue weighted by Gasteiger charge is 2.30. The lowest BCUT2D eigenvalue weighted by molar-refractivity contribution is -0.161. The second-order valence-corrected chi connectivity index (χ2v) is 31.0. The molecule has 584 valence electrons. The maximum absolute atomic E-state index is 13.1. The number of hydrogen-bond acceptors (Lipinski definition) is 15. The van der Waals surface area contributed by atoms with Crippen molar-refractivity contribution in [2.24, 2.45) is 0 Å². The summed E-state index contributed by atoms with van der Waals surface area (Å²) >= 11 is 0. The molecule has 0 bridgehead atoms. The minimum atomic E-state index is -4.97. The van der Waals surface area contributed by atoms with Gasteiger partial charge >= 0.3 is 39.5 Å². The van der Waals surface area contributed by atoms with Crippen molar-refractivity contribution in [3.63, 3.8) is 0 Å². The number of carbonyl (C=O) groups is 4. The smallest absolute Gasteiger partial charge is 0.462 e. The molecule has 0 spiro atoms. The molecule has 17 nitrogen and oxygen atoms in total. The summed E-state index contributed by atoms with van der Waals surface area (Å²) in [5.41, 5.74) is 0. The summed E-state index contributed by atoms with van der Waals surface area (Å²) < 4.78 is 68.6. The van der Waals surface area contributed by atoms with Crippen LogP contribution in [0.1, 0.15) is 407 Å². The molecule has 0 amide bonds. The fourth-order valence-electron chi connectivity index (χ4n) is 11.9. The Bertz CT molecular complexity index is 1970. The number of unbranched alkanes of at least 4 members (excludes halogenated alkanes) is 50. The number of aliphatic hydroxyl groups is 1. The van der Waals surface area contributed by atoms with Gasteiger partial charge in [-0.05, 0) is 51.4 Å². The van der Waals surface area contributed by atoms with Crippen molar-refractivity contribution in [1.82, 2.24) is 0 Å². The Labute approximate surface area is 605 Å². The zero-order valence-electron chi connectivity index (χ0n) is 64.0. The van der Waals surface area contributed by atoms with Gasteiger partial charge in [-0.15, -0.1) is 0 Å². The second-order valence-electron chi connectivity index (χ2n) is 28.1. The summed E-state index contributed by atoms with van der Waals surface area (Å²) in [6.07, 6.45) is 68.7. The van der Waals surface area contributed by atoms with Gasteiger partial charge in [0.1, 0.15) is 19.3 Å². The topological polar surface area (TPSA) is 237 Å². The number of carbonyl (C=O) groups excluding carboxylic acids is 4. The molecule has 0 fully saturated rings. The third-order valence-electron chi connectivity index (χ3n) is 18.2. The lowest BCUT2D eigenvalue weighted by atomic mass is 10.0. The number of ether oxygens (including phenoxy) is 4. The number of hydrogen-bond donors (Lipinski definition) is 3. The Balaban J connectivity index is 5.26. The van der Waals surface area contributed by atoms with E-state index in [0.717, 1.165) is 109 Å². The number of esters is 4. The Morgan fingerprint density at radius 1 is 0.283 bits per heavy atom. The fourth-order valence-corrected chi connectivity index (χ4v) is 13.5. The zero-order chi connectivity index (χ0) is 72.5. The molecule has 0 aromatic carbocycles. The molecule has 5 atom stereocenters. The molecule has 0 aliphatic carbocycles. The highest BCUT2D eigenvalue weighted by molar-refractivity contribution is 7.47. The summed E-state index contributed by atoms with van der Waals surface area (Å²) in [4.78, 5) is 72.9. The van der Waals surface area contributed by atoms with Gasteiger partial charge in [-0.2, -0.15) is 0 Å². The average molecular weight is 1450 g/mol. The van der Waals surface area contributed by atoms with Crippen molar-refractivity contribution in [2.45, 2.75) is 425 Å². The van der Waals surface area contributed by atoms with E-state index in [1.165, 1.54) is 218 Å². The van der Waals surface area contributed by atoms with Crippen LogP contribution in [-0.4, -0.2) is 96.7 Å². The summed E-state index contributed by atoms with van der Waals surface area (Å²) in [6, 6.07) is 0. The fraction of sp³-hybridized carbons (Fsp3) is 0.900. The maximum atomic E-state index is 13.1. The summed E-state index contributed by atoms with van der Waals surface area (Å²) in [7, 11) is -9.93. The van der Waals surface area contributed by atoms with E-state index in [-0.39, 0.29) is 25.7 Å². The van der Waals surface area contributed by atoms with E-state index in [4.69, 9.17) is 37.0 Å². The molecule has 0 aliphatic heterocycles. The lowest BCUT2D eigenvalue weighted by Crippen LogP contribution is -2.30. The monoisotopic (exact) mass is 1450 g/mol. The van der Waals surface area contributed by atoms with E-state index in [1.54, 1.807) is 0 Å². The first-order valence-corrected chi connectivity index (χ1v) is 44.1. The van der Waals surface area contributed by atoms with Crippen LogP contribution >= 0.6 is 15.6 Å². The number of allylic oxidation sites excluding steroid dienone is 4. The van der Waals surface area contributed by atoms with Crippen molar-refractivity contribution < 1.29 is 80.2 Å². The van der Waals surface area contributed by atoms with E-state index >= 15 is 0 Å². The first kappa shape index (κ1) is 96.5. The van der Waals surface area contributed by atoms with E-state index in [2.05, 4.69) is 52.0 Å². The van der Waals surface area contributed by atoms with Gasteiger partial charge in [0.15, 0.2) is 12.2 Å². The molecular weight excluding hydrogens is 1290 g/mol. The molecule has 19 heteroatoms. The molecule has 0 aromatic heterocycles. The van der Waals surface area contributed by atoms with E-state index in [1.807, 2.05) is 0 Å². The molecule has 2 unspecified atom stereocenters. The van der Waals surface area contributed by atoms with E-state index in [9.17, 15) is 43.2 Å². The first-order chi connectivity index (χ1) is 48.2. The largest absolute Gasteiger partial charge is 0.472 e. The van der Waals surface area contributed by atoms with Crippen molar-refractivity contribution in [2.75, 3.05) is 39.6 Å². The van der Waals surface area contributed by atoms with Crippen molar-refractivity contribution >= 4 is 39.5 Å². The number of phosphoric acid groups is 2. The van der Waals surface area contributed by atoms with Crippen LogP contribution in [0.4, 0.5) is 0 Å². The molecule has 0 saturated carbocycles. The highest BCUT2D eigenvalue weighted by Crippen LogP contribution is 2.45. The third-order valence-corrected chi connectivity index (χ3v) is 20.1. The maximum Gasteiger partial charge on any atom is 0.472 e. The minimum absolute atomic E-state index is 0.102. The van der Waals surface area contributed by atoms with Gasteiger partial charge in [-0.1, -0.05) is 354 Å². The predicted molar refractivity (Wildman–Crippen MR) is 405 cm³/mol. The van der Waals surface area contributed by atoms with Gasteiger partial charge in [0.05, 0.1) is 26.4 Å². The molecule has 0 aliphatic rings. The van der Waals surface area contributed by atoms with Gasteiger partial charge in [0.2, 0.25) is 0 Å². The summed E-state index contributed by atoms with van der Waals surface area (Å²) in [6.45, 7) is 4.95. The number of rotatable bonds is 79. The molecule has 0 saturated heterocycles. The Morgan fingerprint density at radius 2 is 0.485 bits per heavy atom. The third kappa shape index (κ3) is 73.6. The zero-order valence-corrected chi connectivity index (χ0v) is 65.7. The number of aliphatic hydroxyl groups excluding tert-OH is 1. The van der Waals surface area contributed by atoms with Crippen LogP contribution in [0.15, 0.2) is 24.3 Å². The van der Waals surface area contributed by atoms with Crippen molar-refractivity contribution in [3.8, 4) is 0 Å². The standard InChI is InChI=1S/C80H152O17P2/c1-5-9-13-17-21-25-29-33-35-36-37-38-39-41-43-47-51-55-59-63-67-80(85)97-76(71-91-78(83)65-61-57-53-49-46-42-40-34-30-26-22-18-14-10-6-2)73-95-99(88,89)93-69-74(81)68-92-98(86,87)94-72-75(96-79(84)66-62-58-54-50-45-32-28-24-20-16-12-8-4)70-90-77(82)64-60-56-52-48-44-31-27-23-19-15-11-7-3/h26,30,34,40,74-76,81H,5-25,27-29,31-33,35-39,41-73H2,1-4H3,(H,86,87)(H,88,89)/b30-26-,40-34-/t74-,75+,76+/m0/s1. The minimum Gasteiger partial charge on any atom is -0.462 e. The van der Waals surface area contributed by atoms with Crippen LogP contribution in [0.25, 0.3) is 0 Å². The van der Waals surface area contributed by atoms with Crippen LogP contribution in [-0.2, 0) is 65.4 Å². The quantitative estimate of drug-likeness (QED) is 0.0169. The SMILES string of the molecule is CCCCCC/C=C\C=C/CCCCCCCC(=O)OC[C@H](COP(=O)(O)OC[C@@H](O)COP(=O)(O)OC[C@@H](COC(=O)CCCCCCCCCCCCCC)OC(=O)CCCCCCCCCCCCCC)OC(=O)CCCCCCCCCCCCCCCCCCCCCC. The highest BCUT2D eigenvalue weighted by atomic mass is 31.2. The van der Waals surface area contributed by atoms with Gasteiger partial charge in [-0.25, -0.2) is 9.13 Å². The average Bonchev–Trinajstić information content (AvgIpc) is 1.05. The molecule has 0 rings (SSSR count). The van der Waals surface area contributed by atoms with Crippen molar-refractivity contribution in [1.29, 1.82) is 0 Å². The van der Waals surface area contributed by atoms with Crippen LogP contribution < -0.4 is 0 Å². The van der Waals surface area contributed by atoms with Crippen LogP contribution in [0.5, 0.6) is 0 Å². The Kier molecular flexibility index (Phi) is 72.0. The molecule has 99 heavy (non-hydrogen) atoms. The summed E-state index contributed by atoms with van der Waals surface area (Å²) in [5, 5.41) is 10.6. The van der Waals surface area contributed by atoms with Gasteiger partial charge in [-0.3, -0.25) is 37.3 Å². The predicted octanol–water partition coefficient (Wildman–Crippen LogP) is 23.7. The molecule has 3 N–H and O–H groups in total. The van der Waals surface area contributed by atoms with Gasteiger partial charge in [0, 0.05) is 25.7 Å². The van der Waals surface area contributed by atoms with E-state index < -0.39 is 97.5 Å². The molecule has 0 aromatic rings. The van der Waals surface area contributed by atoms with Crippen LogP contribution in [0, 0.1) is 0 Å².